The molecule has 0 saturated carbocycles. The van der Waals surface area contributed by atoms with Crippen LogP contribution in [-0.2, 0) is 9.59 Å². The molecule has 3 atom stereocenters. The molecule has 0 bridgehead atoms. The van der Waals surface area contributed by atoms with E-state index in [0.29, 0.717) is 13.0 Å². The number of amides is 2. The summed E-state index contributed by atoms with van der Waals surface area (Å²) in [5, 5.41) is 3.79. The lowest BCUT2D eigenvalue weighted by atomic mass is 9.81. The molecule has 0 aromatic heterocycles. The van der Waals surface area contributed by atoms with E-state index in [9.17, 15) is 9.59 Å². The molecule has 0 radical (unpaired) electrons. The molecule has 2 amide bonds. The van der Waals surface area contributed by atoms with E-state index in [1.165, 1.54) is 16.0 Å². The smallest absolute Gasteiger partial charge is 0.243 e. The van der Waals surface area contributed by atoms with Crippen LogP contribution in [0.2, 0.25) is 0 Å². The van der Waals surface area contributed by atoms with Crippen LogP contribution in [-0.4, -0.2) is 53.8 Å². The van der Waals surface area contributed by atoms with Gasteiger partial charge in [0.2, 0.25) is 12.3 Å². The summed E-state index contributed by atoms with van der Waals surface area (Å²) >= 11 is 1.63. The molecule has 33 heavy (non-hydrogen) atoms. The van der Waals surface area contributed by atoms with Crippen molar-refractivity contribution in [2.24, 2.45) is 5.92 Å². The first-order chi connectivity index (χ1) is 15.8. The van der Waals surface area contributed by atoms with Gasteiger partial charge in [-0.2, -0.15) is 0 Å². The highest BCUT2D eigenvalue weighted by Gasteiger charge is 2.47. The van der Waals surface area contributed by atoms with Crippen molar-refractivity contribution in [3.63, 3.8) is 0 Å². The second kappa shape index (κ2) is 10.5. The number of nitrogens with one attached hydrogen (secondary N) is 1. The van der Waals surface area contributed by atoms with Crippen molar-refractivity contribution in [3.8, 4) is 0 Å². The quantitative estimate of drug-likeness (QED) is 0.456. The highest BCUT2D eigenvalue weighted by Crippen LogP contribution is 2.47. The fourth-order valence-corrected chi connectivity index (χ4v) is 5.98. The van der Waals surface area contributed by atoms with Gasteiger partial charge in [-0.05, 0) is 45.3 Å². The average molecular weight is 466 g/mol. The van der Waals surface area contributed by atoms with E-state index in [-0.39, 0.29) is 30.0 Å². The number of carbonyl (C=O) groups excluding carboxylic acids is 2. The second-order valence-electron chi connectivity index (χ2n) is 9.02. The molecule has 3 aliphatic heterocycles. The zero-order chi connectivity index (χ0) is 24.2. The van der Waals surface area contributed by atoms with Crippen LogP contribution in [0.5, 0.6) is 0 Å². The van der Waals surface area contributed by atoms with Crippen LogP contribution in [0.15, 0.2) is 82.3 Å². The maximum Gasteiger partial charge on any atom is 0.243 e. The Kier molecular flexibility index (Phi) is 7.90. The van der Waals surface area contributed by atoms with E-state index in [2.05, 4.69) is 50.6 Å². The zero-order valence-electron chi connectivity index (χ0n) is 20.1. The third-order valence-corrected chi connectivity index (χ3v) is 7.67. The van der Waals surface area contributed by atoms with E-state index in [1.54, 1.807) is 18.8 Å². The Hall–Kier alpha value is -2.73. The molecular formula is C27H35N3O2S. The first-order valence-corrected chi connectivity index (χ1v) is 12.2. The van der Waals surface area contributed by atoms with Crippen molar-refractivity contribution in [2.75, 3.05) is 20.1 Å². The fourth-order valence-electron chi connectivity index (χ4n) is 4.94. The lowest BCUT2D eigenvalue weighted by Crippen LogP contribution is -2.51. The molecule has 0 aromatic carbocycles. The van der Waals surface area contributed by atoms with Gasteiger partial charge in [0, 0.05) is 35.0 Å². The second-order valence-corrected chi connectivity index (χ2v) is 10.2. The van der Waals surface area contributed by atoms with Crippen LogP contribution in [0.3, 0.4) is 0 Å². The monoisotopic (exact) mass is 465 g/mol. The third kappa shape index (κ3) is 5.11. The van der Waals surface area contributed by atoms with Gasteiger partial charge < -0.3 is 15.1 Å². The van der Waals surface area contributed by atoms with Crippen molar-refractivity contribution in [1.82, 2.24) is 15.1 Å². The molecule has 176 valence electrons. The normalized spacial score (nSPS) is 31.9. The number of hydrogen-bond donors (Lipinski definition) is 1. The summed E-state index contributed by atoms with van der Waals surface area (Å²) in [7, 11) is 1.63. The minimum atomic E-state index is -0.299. The Bertz CT molecular complexity index is 987. The van der Waals surface area contributed by atoms with Gasteiger partial charge in [-0.3, -0.25) is 9.59 Å². The summed E-state index contributed by atoms with van der Waals surface area (Å²) in [6, 6.07) is -0.252. The molecule has 0 spiro atoms. The van der Waals surface area contributed by atoms with E-state index in [1.807, 2.05) is 36.1 Å². The standard InChI is InChI=1S/C27H35N3O2S/c1-7-15-27(5)22(8-2)21-14-16-30(23(32)17-29(6)18-31)25(24(21)28-27)26-19(3)12-10-9-11-13-20(4)33-26/h7-11,13,15,18,22,25,28H,2,4,12,14,16-17H2,1,3,5-6H3/b10-9-,13-11-,15-7-,26-19-/t22?,25-,27?/m1/s1. The van der Waals surface area contributed by atoms with Gasteiger partial charge >= 0.3 is 0 Å². The summed E-state index contributed by atoms with van der Waals surface area (Å²) in [4.78, 5) is 30.0. The molecule has 3 heterocycles. The maximum absolute atomic E-state index is 13.4. The number of carbonyl (C=O) groups is 2. The van der Waals surface area contributed by atoms with Crippen LogP contribution >= 0.6 is 11.8 Å². The van der Waals surface area contributed by atoms with E-state index >= 15 is 0 Å². The molecule has 0 fully saturated rings. The predicted octanol–water partition coefficient (Wildman–Crippen LogP) is 4.71. The van der Waals surface area contributed by atoms with Crippen LogP contribution in [0.1, 0.15) is 33.6 Å². The molecule has 0 aromatic rings. The van der Waals surface area contributed by atoms with Crippen LogP contribution < -0.4 is 5.32 Å². The number of nitrogens with zero attached hydrogens (tertiary/aromatic N) is 2. The summed E-state index contributed by atoms with van der Waals surface area (Å²) < 4.78 is 0. The Morgan fingerprint density at radius 1 is 1.42 bits per heavy atom. The predicted molar refractivity (Wildman–Crippen MR) is 138 cm³/mol. The zero-order valence-corrected chi connectivity index (χ0v) is 21.0. The molecular weight excluding hydrogens is 430 g/mol. The Balaban J connectivity index is 2.15. The highest BCUT2D eigenvalue weighted by atomic mass is 32.2. The lowest BCUT2D eigenvalue weighted by molar-refractivity contribution is -0.136. The largest absolute Gasteiger partial charge is 0.377 e. The molecule has 3 aliphatic rings. The summed E-state index contributed by atoms with van der Waals surface area (Å²) in [6.45, 7) is 15.4. The van der Waals surface area contributed by atoms with Crippen molar-refractivity contribution in [1.29, 1.82) is 0 Å². The van der Waals surface area contributed by atoms with Crippen molar-refractivity contribution in [3.05, 3.63) is 82.3 Å². The van der Waals surface area contributed by atoms with Crippen molar-refractivity contribution in [2.45, 2.75) is 45.2 Å². The molecule has 3 rings (SSSR count). The van der Waals surface area contributed by atoms with Crippen LogP contribution in [0.25, 0.3) is 0 Å². The van der Waals surface area contributed by atoms with E-state index in [4.69, 9.17) is 0 Å². The van der Waals surface area contributed by atoms with Crippen LogP contribution in [0, 0.1) is 5.92 Å². The topological polar surface area (TPSA) is 52.7 Å². The van der Waals surface area contributed by atoms with E-state index < -0.39 is 0 Å². The fraction of sp³-hybridized carbons (Fsp3) is 0.407. The van der Waals surface area contributed by atoms with Crippen molar-refractivity contribution >= 4 is 24.1 Å². The first-order valence-electron chi connectivity index (χ1n) is 11.4. The van der Waals surface area contributed by atoms with Gasteiger partial charge in [-0.1, -0.05) is 60.4 Å². The van der Waals surface area contributed by atoms with Gasteiger partial charge in [0.05, 0.1) is 12.1 Å². The van der Waals surface area contributed by atoms with Crippen LogP contribution in [0.4, 0.5) is 0 Å². The minimum absolute atomic E-state index is 0.0530. The van der Waals surface area contributed by atoms with Gasteiger partial charge in [0.15, 0.2) is 0 Å². The minimum Gasteiger partial charge on any atom is -0.377 e. The number of allylic oxidation sites excluding steroid dienone is 6. The summed E-state index contributed by atoms with van der Waals surface area (Å²) in [5.74, 6) is 0.0848. The van der Waals surface area contributed by atoms with Gasteiger partial charge in [0.1, 0.15) is 6.04 Å². The molecule has 0 aliphatic carbocycles. The number of thioether (sulfide) groups is 1. The van der Waals surface area contributed by atoms with Gasteiger partial charge in [-0.15, -0.1) is 6.58 Å². The number of hydrogen-bond acceptors (Lipinski definition) is 4. The third-order valence-electron chi connectivity index (χ3n) is 6.48. The molecule has 2 unspecified atom stereocenters. The molecule has 5 nitrogen and oxygen atoms in total. The summed E-state index contributed by atoms with van der Waals surface area (Å²) in [5.41, 5.74) is 3.29. The SMILES string of the molecule is C=CC1C2=C(NC1(C)/C=C\C)[C@H](/C1=C(\C)C/C=C\C=C/C(=C)S1)N(C(=O)CN(C)C=O)CC2. The van der Waals surface area contributed by atoms with Crippen molar-refractivity contribution < 1.29 is 9.59 Å². The average Bonchev–Trinajstić information content (AvgIpc) is 3.10. The maximum atomic E-state index is 13.4. The number of rotatable bonds is 6. The lowest BCUT2D eigenvalue weighted by Gasteiger charge is -2.40. The number of likely N-dealkylation sites (N-methyl/N-ethyl adjacent to an activating group) is 1. The highest BCUT2D eigenvalue weighted by molar-refractivity contribution is 8.07. The molecule has 6 heteroatoms. The van der Waals surface area contributed by atoms with Gasteiger partial charge in [-0.25, -0.2) is 0 Å². The van der Waals surface area contributed by atoms with Gasteiger partial charge in [0.25, 0.3) is 0 Å². The molecule has 0 saturated heterocycles. The summed E-state index contributed by atoms with van der Waals surface area (Å²) in [6.07, 6.45) is 16.7. The Morgan fingerprint density at radius 2 is 2.18 bits per heavy atom. The first kappa shape index (κ1) is 24.9. The van der Waals surface area contributed by atoms with E-state index in [0.717, 1.165) is 28.3 Å². The Labute approximate surface area is 202 Å². The Morgan fingerprint density at radius 3 is 2.85 bits per heavy atom. The molecule has 1 N–H and O–H groups in total.